The van der Waals surface area contributed by atoms with Gasteiger partial charge in [0, 0.05) is 13.1 Å². The molecule has 0 atom stereocenters. The second-order valence-electron chi connectivity index (χ2n) is 3.12. The third kappa shape index (κ3) is 1.92. The Morgan fingerprint density at radius 2 is 2.23 bits per heavy atom. The predicted molar refractivity (Wildman–Crippen MR) is 51.7 cm³/mol. The first kappa shape index (κ1) is 8.78. The SMILES string of the molecule is Fc1ccc(Cl)c(NC2CNC2)c1. The van der Waals surface area contributed by atoms with Crippen LogP contribution in [0.25, 0.3) is 0 Å². The van der Waals surface area contributed by atoms with Gasteiger partial charge in [0.15, 0.2) is 0 Å². The zero-order valence-electron chi connectivity index (χ0n) is 6.98. The number of benzene rings is 1. The molecule has 1 aliphatic heterocycles. The van der Waals surface area contributed by atoms with Crippen LogP contribution in [0.15, 0.2) is 18.2 Å². The van der Waals surface area contributed by atoms with Crippen molar-refractivity contribution in [3.63, 3.8) is 0 Å². The van der Waals surface area contributed by atoms with Crippen molar-refractivity contribution in [2.75, 3.05) is 18.4 Å². The molecule has 0 amide bonds. The zero-order chi connectivity index (χ0) is 9.26. The maximum Gasteiger partial charge on any atom is 0.125 e. The summed E-state index contributed by atoms with van der Waals surface area (Å²) in [5.74, 6) is -0.265. The summed E-state index contributed by atoms with van der Waals surface area (Å²) in [6.07, 6.45) is 0. The smallest absolute Gasteiger partial charge is 0.125 e. The quantitative estimate of drug-likeness (QED) is 0.762. The number of hydrogen-bond acceptors (Lipinski definition) is 2. The third-order valence-corrected chi connectivity index (χ3v) is 2.40. The van der Waals surface area contributed by atoms with Crippen LogP contribution < -0.4 is 10.6 Å². The van der Waals surface area contributed by atoms with Crippen LogP contribution in [0.2, 0.25) is 5.02 Å². The Kier molecular flexibility index (Phi) is 2.38. The highest BCUT2D eigenvalue weighted by Crippen LogP contribution is 2.23. The molecule has 0 saturated carbocycles. The van der Waals surface area contributed by atoms with E-state index in [0.29, 0.717) is 16.8 Å². The van der Waals surface area contributed by atoms with E-state index in [-0.39, 0.29) is 5.82 Å². The number of rotatable bonds is 2. The lowest BCUT2D eigenvalue weighted by Crippen LogP contribution is -2.51. The summed E-state index contributed by atoms with van der Waals surface area (Å²) in [7, 11) is 0. The van der Waals surface area contributed by atoms with Gasteiger partial charge in [-0.15, -0.1) is 0 Å². The van der Waals surface area contributed by atoms with E-state index >= 15 is 0 Å². The molecule has 1 aliphatic rings. The molecule has 0 aliphatic carbocycles. The number of nitrogens with one attached hydrogen (secondary N) is 2. The Morgan fingerprint density at radius 3 is 2.85 bits per heavy atom. The summed E-state index contributed by atoms with van der Waals surface area (Å²) in [6, 6.07) is 4.71. The van der Waals surface area contributed by atoms with E-state index in [1.165, 1.54) is 12.1 Å². The van der Waals surface area contributed by atoms with Crippen molar-refractivity contribution in [3.05, 3.63) is 29.0 Å². The van der Waals surface area contributed by atoms with Crippen molar-refractivity contribution in [2.45, 2.75) is 6.04 Å². The average Bonchev–Trinajstić information content (AvgIpc) is 2.03. The van der Waals surface area contributed by atoms with Crippen LogP contribution in [-0.4, -0.2) is 19.1 Å². The second-order valence-corrected chi connectivity index (χ2v) is 3.53. The summed E-state index contributed by atoms with van der Waals surface area (Å²) in [4.78, 5) is 0. The van der Waals surface area contributed by atoms with Crippen molar-refractivity contribution >= 4 is 17.3 Å². The minimum absolute atomic E-state index is 0.265. The maximum atomic E-state index is 12.8. The summed E-state index contributed by atoms with van der Waals surface area (Å²) in [6.45, 7) is 1.82. The lowest BCUT2D eigenvalue weighted by Gasteiger charge is -2.29. The Balaban J connectivity index is 2.13. The van der Waals surface area contributed by atoms with Gasteiger partial charge in [-0.1, -0.05) is 11.6 Å². The van der Waals surface area contributed by atoms with Crippen LogP contribution in [0.3, 0.4) is 0 Å². The molecule has 2 nitrogen and oxygen atoms in total. The van der Waals surface area contributed by atoms with Gasteiger partial charge in [-0.25, -0.2) is 4.39 Å². The Morgan fingerprint density at radius 1 is 1.46 bits per heavy atom. The van der Waals surface area contributed by atoms with Crippen LogP contribution in [0.4, 0.5) is 10.1 Å². The predicted octanol–water partition coefficient (Wildman–Crippen LogP) is 1.86. The molecule has 4 heteroatoms. The van der Waals surface area contributed by atoms with Gasteiger partial charge >= 0.3 is 0 Å². The van der Waals surface area contributed by atoms with Gasteiger partial charge in [0.2, 0.25) is 0 Å². The van der Waals surface area contributed by atoms with E-state index in [0.717, 1.165) is 13.1 Å². The number of hydrogen-bond donors (Lipinski definition) is 2. The second kappa shape index (κ2) is 3.52. The first-order valence-corrected chi connectivity index (χ1v) is 4.56. The highest BCUT2D eigenvalue weighted by molar-refractivity contribution is 6.33. The van der Waals surface area contributed by atoms with E-state index in [1.807, 2.05) is 0 Å². The molecule has 2 N–H and O–H groups in total. The molecule has 13 heavy (non-hydrogen) atoms. The minimum atomic E-state index is -0.265. The topological polar surface area (TPSA) is 24.1 Å². The summed E-state index contributed by atoms with van der Waals surface area (Å²) >= 11 is 5.87. The van der Waals surface area contributed by atoms with Gasteiger partial charge in [-0.3, -0.25) is 0 Å². The van der Waals surface area contributed by atoms with Crippen molar-refractivity contribution in [2.24, 2.45) is 0 Å². The van der Waals surface area contributed by atoms with Crippen molar-refractivity contribution < 1.29 is 4.39 Å². The van der Waals surface area contributed by atoms with E-state index in [2.05, 4.69) is 10.6 Å². The molecular formula is C9H10ClFN2. The first-order chi connectivity index (χ1) is 6.25. The van der Waals surface area contributed by atoms with Gasteiger partial charge in [-0.2, -0.15) is 0 Å². The number of halogens is 2. The Hall–Kier alpha value is -0.800. The van der Waals surface area contributed by atoms with E-state index in [1.54, 1.807) is 6.07 Å². The van der Waals surface area contributed by atoms with E-state index in [9.17, 15) is 4.39 Å². The molecule has 0 aromatic heterocycles. The zero-order valence-corrected chi connectivity index (χ0v) is 7.74. The lowest BCUT2D eigenvalue weighted by atomic mass is 10.1. The van der Waals surface area contributed by atoms with E-state index < -0.39 is 0 Å². The molecule has 1 saturated heterocycles. The van der Waals surface area contributed by atoms with Crippen LogP contribution in [0.5, 0.6) is 0 Å². The summed E-state index contributed by atoms with van der Waals surface area (Å²) in [5, 5.41) is 6.83. The summed E-state index contributed by atoms with van der Waals surface area (Å²) < 4.78 is 12.8. The molecule has 2 rings (SSSR count). The largest absolute Gasteiger partial charge is 0.378 e. The van der Waals surface area contributed by atoms with Crippen LogP contribution >= 0.6 is 11.6 Å². The normalized spacial score (nSPS) is 16.8. The van der Waals surface area contributed by atoms with Crippen molar-refractivity contribution in [1.29, 1.82) is 0 Å². The fraction of sp³-hybridized carbons (Fsp3) is 0.333. The van der Waals surface area contributed by atoms with Gasteiger partial charge in [-0.05, 0) is 18.2 Å². The maximum absolute atomic E-state index is 12.8. The summed E-state index contributed by atoms with van der Waals surface area (Å²) in [5.41, 5.74) is 0.674. The van der Waals surface area contributed by atoms with Crippen molar-refractivity contribution in [3.8, 4) is 0 Å². The first-order valence-electron chi connectivity index (χ1n) is 4.18. The fourth-order valence-electron chi connectivity index (χ4n) is 1.22. The molecule has 0 unspecified atom stereocenters. The standard InChI is InChI=1S/C9H10ClFN2/c10-8-2-1-6(11)3-9(8)13-7-4-12-5-7/h1-3,7,12-13H,4-5H2. The van der Waals surface area contributed by atoms with E-state index in [4.69, 9.17) is 11.6 Å². The highest BCUT2D eigenvalue weighted by atomic mass is 35.5. The Labute approximate surface area is 81.1 Å². The molecule has 1 fully saturated rings. The Bertz CT molecular complexity index is 312. The molecule has 0 bridgehead atoms. The monoisotopic (exact) mass is 200 g/mol. The minimum Gasteiger partial charge on any atom is -0.378 e. The van der Waals surface area contributed by atoms with Gasteiger partial charge in [0.25, 0.3) is 0 Å². The van der Waals surface area contributed by atoms with Crippen molar-refractivity contribution in [1.82, 2.24) is 5.32 Å². The molecule has 0 spiro atoms. The highest BCUT2D eigenvalue weighted by Gasteiger charge is 2.17. The fourth-order valence-corrected chi connectivity index (χ4v) is 1.39. The van der Waals surface area contributed by atoms with Gasteiger partial charge in [0.05, 0.1) is 16.8 Å². The van der Waals surface area contributed by atoms with Crippen LogP contribution in [0.1, 0.15) is 0 Å². The lowest BCUT2D eigenvalue weighted by molar-refractivity contribution is 0.472. The molecule has 70 valence electrons. The van der Waals surface area contributed by atoms with Gasteiger partial charge in [0.1, 0.15) is 5.82 Å². The molecule has 0 radical (unpaired) electrons. The molecule has 1 heterocycles. The molecule has 1 aromatic rings. The molecule has 1 aromatic carbocycles. The third-order valence-electron chi connectivity index (χ3n) is 2.07. The average molecular weight is 201 g/mol. The van der Waals surface area contributed by atoms with Crippen LogP contribution in [-0.2, 0) is 0 Å². The van der Waals surface area contributed by atoms with Crippen LogP contribution in [0, 0.1) is 5.82 Å². The number of anilines is 1. The van der Waals surface area contributed by atoms with Gasteiger partial charge < -0.3 is 10.6 Å². The molecular weight excluding hydrogens is 191 g/mol.